The van der Waals surface area contributed by atoms with Gasteiger partial charge in [-0.2, -0.15) is 0 Å². The van der Waals surface area contributed by atoms with E-state index in [0.717, 1.165) is 10.0 Å². The summed E-state index contributed by atoms with van der Waals surface area (Å²) in [6.07, 6.45) is 0. The number of nitrogens with zero attached hydrogens (tertiary/aromatic N) is 3. The first-order valence-corrected chi connectivity index (χ1v) is 9.25. The predicted octanol–water partition coefficient (Wildman–Crippen LogP) is 5.09. The monoisotopic (exact) mass is 436 g/mol. The third kappa shape index (κ3) is 3.84. The van der Waals surface area contributed by atoms with Gasteiger partial charge < -0.3 is 5.32 Å². The summed E-state index contributed by atoms with van der Waals surface area (Å²) in [7, 11) is 0. The topological polar surface area (TPSA) is 59.8 Å². The molecular formula is C21H14BrFN4O. The number of hydrogen-bond donors (Lipinski definition) is 1. The fourth-order valence-corrected chi connectivity index (χ4v) is 2.93. The highest BCUT2D eigenvalue weighted by molar-refractivity contribution is 9.10. The molecule has 1 amide bonds. The van der Waals surface area contributed by atoms with Gasteiger partial charge in [-0.3, -0.25) is 4.79 Å². The minimum Gasteiger partial charge on any atom is -0.319 e. The van der Waals surface area contributed by atoms with Gasteiger partial charge in [-0.05, 0) is 48.5 Å². The molecule has 0 unspecified atom stereocenters. The van der Waals surface area contributed by atoms with Crippen LogP contribution in [0.5, 0.6) is 0 Å². The molecule has 0 fully saturated rings. The third-order valence-electron chi connectivity index (χ3n) is 4.02. The minimum absolute atomic E-state index is 0.0195. The number of carbonyl (C=O) groups is 1. The number of halogens is 2. The summed E-state index contributed by atoms with van der Waals surface area (Å²) >= 11 is 3.36. The molecule has 7 heteroatoms. The van der Waals surface area contributed by atoms with E-state index in [1.165, 1.54) is 16.8 Å². The molecule has 0 aliphatic heterocycles. The molecular weight excluding hydrogens is 423 g/mol. The average molecular weight is 437 g/mol. The molecule has 4 aromatic rings. The lowest BCUT2D eigenvalue weighted by Crippen LogP contribution is -2.14. The van der Waals surface area contributed by atoms with Crippen molar-refractivity contribution in [1.29, 1.82) is 0 Å². The van der Waals surface area contributed by atoms with Gasteiger partial charge >= 0.3 is 0 Å². The van der Waals surface area contributed by atoms with Crippen LogP contribution in [0, 0.1) is 5.82 Å². The van der Waals surface area contributed by atoms with Gasteiger partial charge in [0.15, 0.2) is 5.82 Å². The van der Waals surface area contributed by atoms with Crippen LogP contribution in [0.2, 0.25) is 0 Å². The minimum atomic E-state index is -0.430. The van der Waals surface area contributed by atoms with Crippen molar-refractivity contribution in [2.75, 3.05) is 5.32 Å². The largest absolute Gasteiger partial charge is 0.319 e. The Morgan fingerprint density at radius 1 is 0.929 bits per heavy atom. The van der Waals surface area contributed by atoms with Crippen molar-refractivity contribution < 1.29 is 9.18 Å². The van der Waals surface area contributed by atoms with Crippen LogP contribution in [0.1, 0.15) is 10.6 Å². The smallest absolute Gasteiger partial charge is 0.295 e. The number of aromatic nitrogens is 3. The average Bonchev–Trinajstić information content (AvgIpc) is 3.16. The Morgan fingerprint density at radius 2 is 1.61 bits per heavy atom. The van der Waals surface area contributed by atoms with Gasteiger partial charge in [-0.25, -0.2) is 14.1 Å². The second-order valence-electron chi connectivity index (χ2n) is 5.97. The summed E-state index contributed by atoms with van der Waals surface area (Å²) in [6.45, 7) is 0. The van der Waals surface area contributed by atoms with E-state index in [-0.39, 0.29) is 11.6 Å². The zero-order chi connectivity index (χ0) is 19.5. The number of amides is 1. The lowest BCUT2D eigenvalue weighted by Gasteiger charge is -2.05. The molecule has 0 aliphatic rings. The van der Waals surface area contributed by atoms with E-state index in [0.29, 0.717) is 17.2 Å². The molecule has 5 nitrogen and oxygen atoms in total. The number of rotatable bonds is 4. The van der Waals surface area contributed by atoms with E-state index in [2.05, 4.69) is 31.3 Å². The van der Waals surface area contributed by atoms with Crippen LogP contribution in [-0.2, 0) is 0 Å². The van der Waals surface area contributed by atoms with E-state index in [1.54, 1.807) is 24.3 Å². The first kappa shape index (κ1) is 18.1. The van der Waals surface area contributed by atoms with E-state index in [1.807, 2.05) is 42.5 Å². The number of carbonyl (C=O) groups excluding carboxylic acids is 1. The second-order valence-corrected chi connectivity index (χ2v) is 6.89. The van der Waals surface area contributed by atoms with Gasteiger partial charge in [-0.1, -0.05) is 46.3 Å². The molecule has 0 spiro atoms. The number of anilines is 1. The van der Waals surface area contributed by atoms with Crippen molar-refractivity contribution in [3.05, 3.63) is 95.0 Å². The van der Waals surface area contributed by atoms with E-state index in [4.69, 9.17) is 0 Å². The van der Waals surface area contributed by atoms with Crippen LogP contribution in [0.3, 0.4) is 0 Å². The molecule has 0 radical (unpaired) electrons. The third-order valence-corrected chi connectivity index (χ3v) is 4.54. The summed E-state index contributed by atoms with van der Waals surface area (Å²) in [5.41, 5.74) is 2.03. The normalized spacial score (nSPS) is 10.6. The van der Waals surface area contributed by atoms with Crippen LogP contribution in [0.25, 0.3) is 17.1 Å². The molecule has 1 aromatic heterocycles. The molecule has 138 valence electrons. The molecule has 0 saturated heterocycles. The second kappa shape index (κ2) is 7.74. The summed E-state index contributed by atoms with van der Waals surface area (Å²) in [5, 5.41) is 7.14. The molecule has 0 saturated carbocycles. The van der Waals surface area contributed by atoms with Crippen molar-refractivity contribution in [3.8, 4) is 17.1 Å². The highest BCUT2D eigenvalue weighted by atomic mass is 79.9. The SMILES string of the molecule is O=C(Nc1ccc(Br)cc1)c1nc(-c2ccccc2)n(-c2ccc(F)cc2)n1. The predicted molar refractivity (Wildman–Crippen MR) is 109 cm³/mol. The van der Waals surface area contributed by atoms with Gasteiger partial charge in [-0.15, -0.1) is 5.10 Å². The van der Waals surface area contributed by atoms with Gasteiger partial charge in [0, 0.05) is 15.7 Å². The van der Waals surface area contributed by atoms with E-state index >= 15 is 0 Å². The van der Waals surface area contributed by atoms with Crippen LogP contribution < -0.4 is 5.32 Å². The molecule has 28 heavy (non-hydrogen) atoms. The standard InChI is InChI=1S/C21H14BrFN4O/c22-15-6-10-17(11-7-15)24-21(28)19-25-20(14-4-2-1-3-5-14)27(26-19)18-12-8-16(23)9-13-18/h1-13H,(H,24,28). The van der Waals surface area contributed by atoms with E-state index < -0.39 is 5.91 Å². The van der Waals surface area contributed by atoms with Gasteiger partial charge in [0.05, 0.1) is 5.69 Å². The number of nitrogens with one attached hydrogen (secondary N) is 1. The Labute approximate surface area is 169 Å². The molecule has 1 heterocycles. The first-order valence-electron chi connectivity index (χ1n) is 8.45. The fraction of sp³-hybridized carbons (Fsp3) is 0. The van der Waals surface area contributed by atoms with Gasteiger partial charge in [0.1, 0.15) is 5.82 Å². The number of hydrogen-bond acceptors (Lipinski definition) is 3. The van der Waals surface area contributed by atoms with Crippen molar-refractivity contribution >= 4 is 27.5 Å². The van der Waals surface area contributed by atoms with Crippen molar-refractivity contribution in [3.63, 3.8) is 0 Å². The highest BCUT2D eigenvalue weighted by Gasteiger charge is 2.19. The maximum absolute atomic E-state index is 13.3. The lowest BCUT2D eigenvalue weighted by atomic mass is 10.2. The molecule has 0 bridgehead atoms. The maximum Gasteiger partial charge on any atom is 0.295 e. The van der Waals surface area contributed by atoms with Crippen LogP contribution >= 0.6 is 15.9 Å². The van der Waals surface area contributed by atoms with E-state index in [9.17, 15) is 9.18 Å². The zero-order valence-electron chi connectivity index (χ0n) is 14.5. The highest BCUT2D eigenvalue weighted by Crippen LogP contribution is 2.22. The molecule has 0 atom stereocenters. The van der Waals surface area contributed by atoms with Crippen molar-refractivity contribution in [2.45, 2.75) is 0 Å². The fourth-order valence-electron chi connectivity index (χ4n) is 2.66. The molecule has 0 aliphatic carbocycles. The Morgan fingerprint density at radius 3 is 2.29 bits per heavy atom. The van der Waals surface area contributed by atoms with Crippen molar-refractivity contribution in [2.24, 2.45) is 0 Å². The van der Waals surface area contributed by atoms with Crippen LogP contribution in [-0.4, -0.2) is 20.7 Å². The summed E-state index contributed by atoms with van der Waals surface area (Å²) in [6, 6.07) is 22.5. The Bertz CT molecular complexity index is 1110. The zero-order valence-corrected chi connectivity index (χ0v) is 16.1. The quantitative estimate of drug-likeness (QED) is 0.484. The van der Waals surface area contributed by atoms with Gasteiger partial charge in [0.25, 0.3) is 5.91 Å². The lowest BCUT2D eigenvalue weighted by molar-refractivity contribution is 0.101. The maximum atomic E-state index is 13.3. The summed E-state index contributed by atoms with van der Waals surface area (Å²) in [4.78, 5) is 17.1. The molecule has 3 aromatic carbocycles. The molecule has 1 N–H and O–H groups in total. The Hall–Kier alpha value is -3.32. The van der Waals surface area contributed by atoms with Crippen LogP contribution in [0.15, 0.2) is 83.3 Å². The molecule has 4 rings (SSSR count). The first-order chi connectivity index (χ1) is 13.6. The number of benzene rings is 3. The van der Waals surface area contributed by atoms with Gasteiger partial charge in [0.2, 0.25) is 5.82 Å². The Kier molecular flexibility index (Phi) is 4.99. The summed E-state index contributed by atoms with van der Waals surface area (Å²) in [5.74, 6) is -0.266. The summed E-state index contributed by atoms with van der Waals surface area (Å²) < 4.78 is 15.8. The van der Waals surface area contributed by atoms with Crippen LogP contribution in [0.4, 0.5) is 10.1 Å². The van der Waals surface area contributed by atoms with Crippen molar-refractivity contribution in [1.82, 2.24) is 14.8 Å². The Balaban J connectivity index is 1.73.